The van der Waals surface area contributed by atoms with E-state index in [2.05, 4.69) is 10.3 Å². The predicted molar refractivity (Wildman–Crippen MR) is 78.7 cm³/mol. The van der Waals surface area contributed by atoms with Gasteiger partial charge < -0.3 is 15.4 Å². The number of aromatic nitrogens is 1. The molecule has 1 heterocycles. The fourth-order valence-corrected chi connectivity index (χ4v) is 2.15. The maximum Gasteiger partial charge on any atom is 0.326 e. The minimum Gasteiger partial charge on any atom is -0.480 e. The molecule has 116 valence electrons. The summed E-state index contributed by atoms with van der Waals surface area (Å²) in [4.78, 5) is 36.3. The number of benzene rings is 1. The van der Waals surface area contributed by atoms with Crippen molar-refractivity contribution in [2.75, 3.05) is 0 Å². The monoisotopic (exact) mass is 305 g/mol. The number of fused-ring (bicyclic) bond motifs is 1. The van der Waals surface area contributed by atoms with E-state index in [1.165, 1.54) is 18.2 Å². The molecule has 0 aliphatic carbocycles. The first kappa shape index (κ1) is 15.5. The highest BCUT2D eigenvalue weighted by Gasteiger charge is 2.25. The van der Waals surface area contributed by atoms with Crippen molar-refractivity contribution in [3.8, 4) is 0 Å². The molecular weight excluding hydrogens is 290 g/mol. The first-order chi connectivity index (χ1) is 10.3. The smallest absolute Gasteiger partial charge is 0.326 e. The van der Waals surface area contributed by atoms with Crippen molar-refractivity contribution >= 4 is 28.5 Å². The second kappa shape index (κ2) is 5.84. The van der Waals surface area contributed by atoms with Crippen LogP contribution in [0.25, 0.3) is 10.9 Å². The van der Waals surface area contributed by atoms with E-state index in [0.717, 1.165) is 0 Å². The molecule has 0 radical (unpaired) electrons. The summed E-state index contributed by atoms with van der Waals surface area (Å²) in [5, 5.41) is 23.0. The van der Waals surface area contributed by atoms with Crippen LogP contribution in [-0.2, 0) is 4.79 Å². The maximum absolute atomic E-state index is 12.1. The van der Waals surface area contributed by atoms with Crippen molar-refractivity contribution in [3.63, 3.8) is 0 Å². The van der Waals surface area contributed by atoms with Crippen LogP contribution in [0.5, 0.6) is 0 Å². The third-order valence-corrected chi connectivity index (χ3v) is 3.29. The molecule has 0 saturated heterocycles. The Morgan fingerprint density at radius 3 is 2.59 bits per heavy atom. The number of aliphatic carboxylic acids is 1. The highest BCUT2D eigenvalue weighted by atomic mass is 16.6. The molecule has 2 aromatic rings. The zero-order valence-corrected chi connectivity index (χ0v) is 12.0. The first-order valence-electron chi connectivity index (χ1n) is 6.61. The Balaban J connectivity index is 2.35. The highest BCUT2D eigenvalue weighted by molar-refractivity contribution is 6.01. The van der Waals surface area contributed by atoms with Gasteiger partial charge >= 0.3 is 5.97 Å². The third kappa shape index (κ3) is 2.90. The lowest BCUT2D eigenvalue weighted by atomic mass is 10.0. The van der Waals surface area contributed by atoms with Crippen LogP contribution in [0.1, 0.15) is 24.3 Å². The molecule has 22 heavy (non-hydrogen) atoms. The minimum absolute atomic E-state index is 0.0798. The molecule has 0 aliphatic rings. The Hall–Kier alpha value is -2.90. The number of hydrogen-bond donors (Lipinski definition) is 3. The van der Waals surface area contributed by atoms with Gasteiger partial charge in [-0.15, -0.1) is 0 Å². The van der Waals surface area contributed by atoms with Gasteiger partial charge in [0, 0.05) is 11.5 Å². The Kier molecular flexibility index (Phi) is 4.11. The van der Waals surface area contributed by atoms with Gasteiger partial charge in [0.25, 0.3) is 11.6 Å². The number of carbonyl (C=O) groups excluding carboxylic acids is 1. The lowest BCUT2D eigenvalue weighted by Crippen LogP contribution is -2.44. The molecule has 8 heteroatoms. The van der Waals surface area contributed by atoms with Crippen LogP contribution >= 0.6 is 0 Å². The van der Waals surface area contributed by atoms with Gasteiger partial charge in [0.15, 0.2) is 0 Å². The average molecular weight is 305 g/mol. The van der Waals surface area contributed by atoms with Crippen molar-refractivity contribution in [1.82, 2.24) is 10.3 Å². The molecule has 1 atom stereocenters. The molecule has 1 aromatic carbocycles. The minimum atomic E-state index is -1.13. The largest absolute Gasteiger partial charge is 0.480 e. The van der Waals surface area contributed by atoms with Gasteiger partial charge in [-0.05, 0) is 12.0 Å². The molecule has 0 aliphatic heterocycles. The van der Waals surface area contributed by atoms with Crippen LogP contribution < -0.4 is 5.32 Å². The summed E-state index contributed by atoms with van der Waals surface area (Å²) in [6.07, 6.45) is 0. The molecule has 0 fully saturated rings. The molecule has 1 amide bonds. The SMILES string of the molecule is CC(C)C(NC(=O)c1cc2cccc([N+](=O)[O-])c2[nH]1)C(=O)O. The number of aromatic amines is 1. The second-order valence-electron chi connectivity index (χ2n) is 5.21. The summed E-state index contributed by atoms with van der Waals surface area (Å²) in [6, 6.07) is 4.90. The molecular formula is C14H15N3O5. The number of nitro groups is 1. The topological polar surface area (TPSA) is 125 Å². The molecule has 0 saturated carbocycles. The van der Waals surface area contributed by atoms with Crippen LogP contribution in [0, 0.1) is 16.0 Å². The Bertz CT molecular complexity index is 750. The zero-order chi connectivity index (χ0) is 16.4. The summed E-state index contributed by atoms with van der Waals surface area (Å²) in [5.41, 5.74) is 0.167. The number of non-ortho nitro benzene ring substituents is 1. The van der Waals surface area contributed by atoms with E-state index in [-0.39, 0.29) is 22.8 Å². The van der Waals surface area contributed by atoms with Crippen molar-refractivity contribution in [2.24, 2.45) is 5.92 Å². The summed E-state index contributed by atoms with van der Waals surface area (Å²) in [6.45, 7) is 3.35. The zero-order valence-electron chi connectivity index (χ0n) is 12.0. The Morgan fingerprint density at radius 2 is 2.05 bits per heavy atom. The first-order valence-corrected chi connectivity index (χ1v) is 6.61. The number of amides is 1. The summed E-state index contributed by atoms with van der Waals surface area (Å²) >= 11 is 0. The van der Waals surface area contributed by atoms with Crippen LogP contribution in [0.2, 0.25) is 0 Å². The number of H-pyrrole nitrogens is 1. The number of carbonyl (C=O) groups is 2. The van der Waals surface area contributed by atoms with Crippen molar-refractivity contribution in [3.05, 3.63) is 40.1 Å². The number of carboxylic acids is 1. The normalized spacial score (nSPS) is 12.3. The fraction of sp³-hybridized carbons (Fsp3) is 0.286. The molecule has 3 N–H and O–H groups in total. The summed E-state index contributed by atoms with van der Waals surface area (Å²) < 4.78 is 0. The van der Waals surface area contributed by atoms with Crippen molar-refractivity contribution in [1.29, 1.82) is 0 Å². The second-order valence-corrected chi connectivity index (χ2v) is 5.21. The number of carboxylic acid groups (broad SMARTS) is 1. The molecule has 2 rings (SSSR count). The Morgan fingerprint density at radius 1 is 1.36 bits per heavy atom. The van der Waals surface area contributed by atoms with Gasteiger partial charge in [-0.2, -0.15) is 0 Å². The number of hydrogen-bond acceptors (Lipinski definition) is 4. The molecule has 1 aromatic heterocycles. The third-order valence-electron chi connectivity index (χ3n) is 3.29. The van der Waals surface area contributed by atoms with Gasteiger partial charge in [0.05, 0.1) is 4.92 Å². The van der Waals surface area contributed by atoms with Crippen molar-refractivity contribution in [2.45, 2.75) is 19.9 Å². The number of para-hydroxylation sites is 1. The number of nitrogens with one attached hydrogen (secondary N) is 2. The van der Waals surface area contributed by atoms with Gasteiger partial charge in [0.1, 0.15) is 17.3 Å². The van der Waals surface area contributed by atoms with E-state index in [9.17, 15) is 19.7 Å². The maximum atomic E-state index is 12.1. The quantitative estimate of drug-likeness (QED) is 0.574. The molecule has 1 unspecified atom stereocenters. The van der Waals surface area contributed by atoms with E-state index in [0.29, 0.717) is 5.39 Å². The highest BCUT2D eigenvalue weighted by Crippen LogP contribution is 2.25. The van der Waals surface area contributed by atoms with Crippen molar-refractivity contribution < 1.29 is 19.6 Å². The lowest BCUT2D eigenvalue weighted by molar-refractivity contribution is -0.383. The van der Waals surface area contributed by atoms with Gasteiger partial charge in [-0.3, -0.25) is 14.9 Å². The van der Waals surface area contributed by atoms with E-state index in [4.69, 9.17) is 5.11 Å². The standard InChI is InChI=1S/C14H15N3O5/c1-7(2)11(14(19)20)16-13(18)9-6-8-4-3-5-10(17(21)22)12(8)15-9/h3-7,11,15H,1-2H3,(H,16,18)(H,19,20). The van der Waals surface area contributed by atoms with Gasteiger partial charge in [-0.1, -0.05) is 26.0 Å². The summed E-state index contributed by atoms with van der Waals surface area (Å²) in [7, 11) is 0. The van der Waals surface area contributed by atoms with Crippen LogP contribution in [0.4, 0.5) is 5.69 Å². The molecule has 8 nitrogen and oxygen atoms in total. The summed E-state index contributed by atoms with van der Waals surface area (Å²) in [5.74, 6) is -2.04. The van der Waals surface area contributed by atoms with E-state index in [1.807, 2.05) is 0 Å². The number of nitro benzene ring substituents is 1. The van der Waals surface area contributed by atoms with E-state index in [1.54, 1.807) is 19.9 Å². The van der Waals surface area contributed by atoms with Crippen LogP contribution in [0.15, 0.2) is 24.3 Å². The van der Waals surface area contributed by atoms with Crippen LogP contribution in [-0.4, -0.2) is 32.9 Å². The molecule has 0 bridgehead atoms. The van der Waals surface area contributed by atoms with Crippen LogP contribution in [0.3, 0.4) is 0 Å². The molecule has 0 spiro atoms. The Labute approximate surface area is 125 Å². The lowest BCUT2D eigenvalue weighted by Gasteiger charge is -2.17. The average Bonchev–Trinajstić information content (AvgIpc) is 2.87. The number of rotatable bonds is 5. The van der Waals surface area contributed by atoms with Gasteiger partial charge in [0.2, 0.25) is 0 Å². The van der Waals surface area contributed by atoms with E-state index < -0.39 is 22.8 Å². The van der Waals surface area contributed by atoms with E-state index >= 15 is 0 Å². The van der Waals surface area contributed by atoms with Gasteiger partial charge in [-0.25, -0.2) is 4.79 Å². The predicted octanol–water partition coefficient (Wildman–Crippen LogP) is 1.92. The fourth-order valence-electron chi connectivity index (χ4n) is 2.15. The number of nitrogens with zero attached hydrogens (tertiary/aromatic N) is 1.